The maximum absolute atomic E-state index is 11.8. The summed E-state index contributed by atoms with van der Waals surface area (Å²) < 4.78 is 5.16. The smallest absolute Gasteiger partial charge is 0.339 e. The van der Waals surface area contributed by atoms with E-state index in [4.69, 9.17) is 9.84 Å². The number of carbonyl (C=O) groups is 2. The maximum Gasteiger partial charge on any atom is 0.339 e. The van der Waals surface area contributed by atoms with Crippen LogP contribution in [0.5, 0.6) is 11.5 Å². The van der Waals surface area contributed by atoms with Crippen LogP contribution in [0.1, 0.15) is 16.1 Å². The quantitative estimate of drug-likeness (QED) is 0.670. The fraction of sp³-hybridized carbons (Fsp3) is 0.143. The standard InChI is InChI=1S/C14H14N2O5/c1-8-13(14(19)20)9(6-15-8)16-12(18)7-21-11-5-3-2-4-10(11)17/h2-6,15,17H,7H2,1H3,(H,16,18)(H,19,20). The molecule has 0 aliphatic carbocycles. The van der Waals surface area contributed by atoms with Crippen LogP contribution in [0.3, 0.4) is 0 Å². The van der Waals surface area contributed by atoms with Gasteiger partial charge in [0.1, 0.15) is 5.56 Å². The molecule has 0 radical (unpaired) electrons. The Morgan fingerprint density at radius 2 is 2.05 bits per heavy atom. The van der Waals surface area contributed by atoms with Crippen LogP contribution < -0.4 is 10.1 Å². The van der Waals surface area contributed by atoms with Gasteiger partial charge in [-0.25, -0.2) is 4.79 Å². The third kappa shape index (κ3) is 3.33. The number of aromatic nitrogens is 1. The van der Waals surface area contributed by atoms with Crippen LogP contribution >= 0.6 is 0 Å². The number of hydrogen-bond donors (Lipinski definition) is 4. The molecule has 0 saturated carbocycles. The first kappa shape index (κ1) is 14.4. The van der Waals surface area contributed by atoms with E-state index in [1.54, 1.807) is 19.1 Å². The molecule has 7 nitrogen and oxygen atoms in total. The van der Waals surface area contributed by atoms with Crippen molar-refractivity contribution in [1.82, 2.24) is 4.98 Å². The Morgan fingerprint density at radius 3 is 2.71 bits per heavy atom. The average Bonchev–Trinajstić information content (AvgIpc) is 2.79. The first-order valence-electron chi connectivity index (χ1n) is 6.11. The Balaban J connectivity index is 2.00. The third-order valence-corrected chi connectivity index (χ3v) is 2.79. The summed E-state index contributed by atoms with van der Waals surface area (Å²) in [5, 5.41) is 21.0. The zero-order chi connectivity index (χ0) is 15.4. The van der Waals surface area contributed by atoms with Crippen LogP contribution in [0.4, 0.5) is 5.69 Å². The number of aryl methyl sites for hydroxylation is 1. The zero-order valence-electron chi connectivity index (χ0n) is 11.2. The number of phenols is 1. The van der Waals surface area contributed by atoms with Crippen molar-refractivity contribution in [2.24, 2.45) is 0 Å². The van der Waals surface area contributed by atoms with Crippen molar-refractivity contribution in [2.75, 3.05) is 11.9 Å². The van der Waals surface area contributed by atoms with E-state index in [9.17, 15) is 14.7 Å². The van der Waals surface area contributed by atoms with E-state index in [0.29, 0.717) is 5.69 Å². The minimum Gasteiger partial charge on any atom is -0.504 e. The van der Waals surface area contributed by atoms with Crippen molar-refractivity contribution in [3.8, 4) is 11.5 Å². The zero-order valence-corrected chi connectivity index (χ0v) is 11.2. The first-order chi connectivity index (χ1) is 9.99. The fourth-order valence-electron chi connectivity index (χ4n) is 1.81. The molecule has 4 N–H and O–H groups in total. The van der Waals surface area contributed by atoms with Crippen LogP contribution in [0.2, 0.25) is 0 Å². The number of phenolic OH excluding ortho intramolecular Hbond substituents is 1. The molecule has 2 aromatic rings. The molecule has 1 heterocycles. The van der Waals surface area contributed by atoms with Crippen molar-refractivity contribution in [1.29, 1.82) is 0 Å². The van der Waals surface area contributed by atoms with Gasteiger partial charge in [0.15, 0.2) is 18.1 Å². The number of aromatic amines is 1. The lowest BCUT2D eigenvalue weighted by Crippen LogP contribution is -2.21. The molecule has 0 aliphatic rings. The number of H-pyrrole nitrogens is 1. The Labute approximate surface area is 120 Å². The molecule has 21 heavy (non-hydrogen) atoms. The third-order valence-electron chi connectivity index (χ3n) is 2.79. The van der Waals surface area contributed by atoms with Gasteiger partial charge in [-0.15, -0.1) is 0 Å². The van der Waals surface area contributed by atoms with Gasteiger partial charge in [-0.2, -0.15) is 0 Å². The Kier molecular flexibility index (Phi) is 4.13. The molecule has 0 atom stereocenters. The summed E-state index contributed by atoms with van der Waals surface area (Å²) >= 11 is 0. The van der Waals surface area contributed by atoms with E-state index < -0.39 is 11.9 Å². The average molecular weight is 290 g/mol. The number of benzene rings is 1. The molecule has 0 bridgehead atoms. The number of ether oxygens (including phenoxy) is 1. The second-order valence-corrected chi connectivity index (χ2v) is 4.31. The summed E-state index contributed by atoms with van der Waals surface area (Å²) in [6, 6.07) is 6.24. The largest absolute Gasteiger partial charge is 0.504 e. The van der Waals surface area contributed by atoms with Crippen molar-refractivity contribution in [3.05, 3.63) is 41.7 Å². The molecule has 0 unspecified atom stereocenters. The van der Waals surface area contributed by atoms with Crippen molar-refractivity contribution < 1.29 is 24.5 Å². The molecule has 1 aromatic carbocycles. The lowest BCUT2D eigenvalue weighted by molar-refractivity contribution is -0.118. The number of carbonyl (C=O) groups excluding carboxylic acids is 1. The Bertz CT molecular complexity index is 678. The van der Waals surface area contributed by atoms with Crippen LogP contribution in [0.15, 0.2) is 30.5 Å². The monoisotopic (exact) mass is 290 g/mol. The van der Waals surface area contributed by atoms with Gasteiger partial charge in [-0.3, -0.25) is 4.79 Å². The summed E-state index contributed by atoms with van der Waals surface area (Å²) in [4.78, 5) is 25.6. The van der Waals surface area contributed by atoms with Gasteiger partial charge in [0.05, 0.1) is 5.69 Å². The molecule has 0 spiro atoms. The number of rotatable bonds is 5. The van der Waals surface area contributed by atoms with E-state index in [2.05, 4.69) is 10.3 Å². The fourth-order valence-corrected chi connectivity index (χ4v) is 1.81. The molecular formula is C14H14N2O5. The summed E-state index contributed by atoms with van der Waals surface area (Å²) in [6.45, 7) is 1.25. The molecule has 0 aliphatic heterocycles. The molecule has 7 heteroatoms. The van der Waals surface area contributed by atoms with Gasteiger partial charge in [0.2, 0.25) is 0 Å². The van der Waals surface area contributed by atoms with Crippen LogP contribution in [0, 0.1) is 6.92 Å². The Morgan fingerprint density at radius 1 is 1.33 bits per heavy atom. The minimum absolute atomic E-state index is 0.00547. The van der Waals surface area contributed by atoms with E-state index in [-0.39, 0.29) is 29.4 Å². The van der Waals surface area contributed by atoms with Gasteiger partial charge in [0, 0.05) is 11.9 Å². The number of amides is 1. The lowest BCUT2D eigenvalue weighted by atomic mass is 10.2. The number of aromatic carboxylic acids is 1. The highest BCUT2D eigenvalue weighted by atomic mass is 16.5. The number of carboxylic acids is 1. The van der Waals surface area contributed by atoms with Gasteiger partial charge in [0.25, 0.3) is 5.91 Å². The summed E-state index contributed by atoms with van der Waals surface area (Å²) in [6.07, 6.45) is 1.40. The van der Waals surface area contributed by atoms with Crippen molar-refractivity contribution in [3.63, 3.8) is 0 Å². The summed E-state index contributed by atoms with van der Waals surface area (Å²) in [5.74, 6) is -1.56. The van der Waals surface area contributed by atoms with Crippen LogP contribution in [-0.4, -0.2) is 33.7 Å². The predicted molar refractivity (Wildman–Crippen MR) is 74.7 cm³/mol. The van der Waals surface area contributed by atoms with E-state index in [1.807, 2.05) is 0 Å². The number of hydrogen-bond acceptors (Lipinski definition) is 4. The van der Waals surface area contributed by atoms with E-state index >= 15 is 0 Å². The highest BCUT2D eigenvalue weighted by molar-refractivity contribution is 6.01. The molecule has 2 rings (SSSR count). The van der Waals surface area contributed by atoms with Gasteiger partial charge < -0.3 is 25.3 Å². The van der Waals surface area contributed by atoms with Crippen molar-refractivity contribution >= 4 is 17.6 Å². The normalized spacial score (nSPS) is 10.1. The second kappa shape index (κ2) is 6.00. The van der Waals surface area contributed by atoms with Crippen LogP contribution in [-0.2, 0) is 4.79 Å². The van der Waals surface area contributed by atoms with E-state index in [0.717, 1.165) is 0 Å². The minimum atomic E-state index is -1.13. The molecular weight excluding hydrogens is 276 g/mol. The number of carboxylic acid groups (broad SMARTS) is 1. The summed E-state index contributed by atoms with van der Waals surface area (Å²) in [5.41, 5.74) is 0.621. The molecule has 0 fully saturated rings. The van der Waals surface area contributed by atoms with Gasteiger partial charge in [-0.1, -0.05) is 12.1 Å². The predicted octanol–water partition coefficient (Wildman–Crippen LogP) is 1.74. The van der Waals surface area contributed by atoms with Gasteiger partial charge >= 0.3 is 5.97 Å². The topological polar surface area (TPSA) is 112 Å². The lowest BCUT2D eigenvalue weighted by Gasteiger charge is -2.08. The SMILES string of the molecule is Cc1[nH]cc(NC(=O)COc2ccccc2O)c1C(=O)O. The van der Waals surface area contributed by atoms with Crippen molar-refractivity contribution in [2.45, 2.75) is 6.92 Å². The number of nitrogens with one attached hydrogen (secondary N) is 2. The Hall–Kier alpha value is -2.96. The number of anilines is 1. The highest BCUT2D eigenvalue weighted by Gasteiger charge is 2.17. The molecule has 0 saturated heterocycles. The van der Waals surface area contributed by atoms with E-state index in [1.165, 1.54) is 18.3 Å². The second-order valence-electron chi connectivity index (χ2n) is 4.31. The molecule has 1 amide bonds. The van der Waals surface area contributed by atoms with Crippen LogP contribution in [0.25, 0.3) is 0 Å². The highest BCUT2D eigenvalue weighted by Crippen LogP contribution is 2.24. The molecule has 110 valence electrons. The molecule has 1 aromatic heterocycles. The maximum atomic E-state index is 11.8. The summed E-state index contributed by atoms with van der Waals surface area (Å²) in [7, 11) is 0. The first-order valence-corrected chi connectivity index (χ1v) is 6.11. The van der Waals surface area contributed by atoms with Gasteiger partial charge in [-0.05, 0) is 19.1 Å². The number of para-hydroxylation sites is 2. The number of aromatic hydroxyl groups is 1.